The molecule has 0 saturated heterocycles. The van der Waals surface area contributed by atoms with E-state index in [-0.39, 0.29) is 12.2 Å². The number of para-hydroxylation sites is 2. The number of carbonyl (C=O) groups is 2. The molecule has 3 aromatic rings. The molecule has 0 aliphatic carbocycles. The number of ether oxygens (including phenoxy) is 1. The van der Waals surface area contributed by atoms with Gasteiger partial charge < -0.3 is 9.84 Å². The van der Waals surface area contributed by atoms with Crippen molar-refractivity contribution in [1.29, 1.82) is 0 Å². The fourth-order valence-corrected chi connectivity index (χ4v) is 2.79. The summed E-state index contributed by atoms with van der Waals surface area (Å²) in [6, 6.07) is 17.0. The van der Waals surface area contributed by atoms with Crippen LogP contribution >= 0.6 is 0 Å². The molecule has 5 heteroatoms. The van der Waals surface area contributed by atoms with Gasteiger partial charge in [-0.1, -0.05) is 36.4 Å². The molecule has 132 valence electrons. The normalized spacial score (nSPS) is 11.9. The van der Waals surface area contributed by atoms with Crippen molar-refractivity contribution in [2.24, 2.45) is 5.92 Å². The van der Waals surface area contributed by atoms with Gasteiger partial charge in [0.25, 0.3) is 0 Å². The predicted octanol–water partition coefficient (Wildman–Crippen LogP) is 3.65. The van der Waals surface area contributed by atoms with Crippen LogP contribution < -0.4 is 4.74 Å². The lowest BCUT2D eigenvalue weighted by Crippen LogP contribution is -2.24. The summed E-state index contributed by atoms with van der Waals surface area (Å²) in [5, 5.41) is 10.3. The first-order valence-corrected chi connectivity index (χ1v) is 8.32. The van der Waals surface area contributed by atoms with Gasteiger partial charge in [0, 0.05) is 17.1 Å². The summed E-state index contributed by atoms with van der Waals surface area (Å²) < 4.78 is 5.89. The van der Waals surface area contributed by atoms with Gasteiger partial charge in [-0.15, -0.1) is 0 Å². The Kier molecular flexibility index (Phi) is 5.27. The minimum atomic E-state index is -1.12. The Morgan fingerprint density at radius 2 is 1.85 bits per heavy atom. The van der Waals surface area contributed by atoms with E-state index in [1.54, 1.807) is 24.4 Å². The summed E-state index contributed by atoms with van der Waals surface area (Å²) >= 11 is 0. The number of benzene rings is 2. The van der Waals surface area contributed by atoms with E-state index in [2.05, 4.69) is 4.98 Å². The third kappa shape index (κ3) is 4.06. The topological polar surface area (TPSA) is 76.5 Å². The first kappa shape index (κ1) is 17.6. The Morgan fingerprint density at radius 3 is 2.62 bits per heavy atom. The maximum absolute atomic E-state index is 11.6. The van der Waals surface area contributed by atoms with E-state index < -0.39 is 11.9 Å². The highest BCUT2D eigenvalue weighted by atomic mass is 16.5. The van der Waals surface area contributed by atoms with E-state index in [1.807, 2.05) is 36.4 Å². The summed E-state index contributed by atoms with van der Waals surface area (Å²) in [6.45, 7) is 1.61. The van der Waals surface area contributed by atoms with Crippen LogP contribution in [0.1, 0.15) is 18.1 Å². The second-order valence-electron chi connectivity index (χ2n) is 6.14. The Morgan fingerprint density at radius 1 is 1.12 bits per heavy atom. The number of aliphatic carboxylic acids is 1. The van der Waals surface area contributed by atoms with Crippen molar-refractivity contribution in [3.8, 4) is 5.75 Å². The number of ketones is 1. The van der Waals surface area contributed by atoms with Gasteiger partial charge in [0.05, 0.1) is 5.52 Å². The van der Waals surface area contributed by atoms with Crippen LogP contribution in [0.3, 0.4) is 0 Å². The van der Waals surface area contributed by atoms with Crippen molar-refractivity contribution in [1.82, 2.24) is 4.98 Å². The maximum Gasteiger partial charge on any atom is 0.314 e. The lowest BCUT2D eigenvalue weighted by atomic mass is 9.95. The third-order valence-corrected chi connectivity index (χ3v) is 4.23. The van der Waals surface area contributed by atoms with E-state index >= 15 is 0 Å². The number of nitrogens with zero attached hydrogens (tertiary/aromatic N) is 1. The molecule has 0 radical (unpaired) electrons. The van der Waals surface area contributed by atoms with Crippen LogP contribution in [0.2, 0.25) is 0 Å². The molecule has 5 nitrogen and oxygen atoms in total. The number of carboxylic acids is 1. The maximum atomic E-state index is 11.6. The van der Waals surface area contributed by atoms with E-state index in [0.717, 1.165) is 16.5 Å². The fraction of sp³-hybridized carbons (Fsp3) is 0.190. The fourth-order valence-electron chi connectivity index (χ4n) is 2.79. The summed E-state index contributed by atoms with van der Waals surface area (Å²) in [6.07, 6.45) is 1.87. The Balaban J connectivity index is 1.77. The van der Waals surface area contributed by atoms with E-state index in [0.29, 0.717) is 17.9 Å². The smallest absolute Gasteiger partial charge is 0.314 e. The average Bonchev–Trinajstić information content (AvgIpc) is 2.64. The summed E-state index contributed by atoms with van der Waals surface area (Å²) in [5.74, 6) is -1.98. The van der Waals surface area contributed by atoms with Crippen molar-refractivity contribution in [3.63, 3.8) is 0 Å². The minimum Gasteiger partial charge on any atom is -0.489 e. The Hall–Kier alpha value is -3.21. The van der Waals surface area contributed by atoms with Gasteiger partial charge in [0.15, 0.2) is 0 Å². The standard InChI is InChI=1S/C21H19NO4/c1-14(23)18(21(24)25)11-17-7-3-5-9-20(17)26-13-15-10-16-6-2-4-8-19(16)22-12-15/h2-10,12,18H,11,13H2,1H3,(H,24,25). The molecular weight excluding hydrogens is 330 g/mol. The summed E-state index contributed by atoms with van der Waals surface area (Å²) in [4.78, 5) is 27.3. The van der Waals surface area contributed by atoms with Crippen molar-refractivity contribution in [2.45, 2.75) is 20.0 Å². The zero-order chi connectivity index (χ0) is 18.5. The molecule has 1 atom stereocenters. The summed E-state index contributed by atoms with van der Waals surface area (Å²) in [5.41, 5.74) is 2.53. The van der Waals surface area contributed by atoms with Gasteiger partial charge in [-0.2, -0.15) is 0 Å². The highest BCUT2D eigenvalue weighted by Gasteiger charge is 2.24. The van der Waals surface area contributed by atoms with Crippen molar-refractivity contribution in [3.05, 3.63) is 71.9 Å². The lowest BCUT2D eigenvalue weighted by Gasteiger charge is -2.14. The SMILES string of the molecule is CC(=O)C(Cc1ccccc1OCc1cnc2ccccc2c1)C(=O)O. The van der Waals surface area contributed by atoms with Crippen LogP contribution in [0, 0.1) is 5.92 Å². The van der Waals surface area contributed by atoms with Gasteiger partial charge in [0.1, 0.15) is 24.1 Å². The second-order valence-corrected chi connectivity index (χ2v) is 6.14. The third-order valence-electron chi connectivity index (χ3n) is 4.23. The van der Waals surface area contributed by atoms with E-state index in [1.165, 1.54) is 6.92 Å². The van der Waals surface area contributed by atoms with Crippen LogP contribution in [0.25, 0.3) is 10.9 Å². The molecule has 3 rings (SSSR count). The van der Waals surface area contributed by atoms with Crippen LogP contribution in [-0.2, 0) is 22.6 Å². The number of carbonyl (C=O) groups excluding carboxylic acids is 1. The number of carboxylic acid groups (broad SMARTS) is 1. The van der Waals surface area contributed by atoms with Crippen molar-refractivity contribution < 1.29 is 19.4 Å². The number of fused-ring (bicyclic) bond motifs is 1. The first-order valence-electron chi connectivity index (χ1n) is 8.32. The Labute approximate surface area is 151 Å². The van der Waals surface area contributed by atoms with Crippen LogP contribution in [0.5, 0.6) is 5.75 Å². The van der Waals surface area contributed by atoms with Gasteiger partial charge >= 0.3 is 5.97 Å². The van der Waals surface area contributed by atoms with Crippen molar-refractivity contribution in [2.75, 3.05) is 0 Å². The molecule has 0 bridgehead atoms. The molecule has 0 amide bonds. The zero-order valence-corrected chi connectivity index (χ0v) is 14.4. The molecule has 1 unspecified atom stereocenters. The number of Topliss-reactive ketones (excluding diaryl/α,β-unsaturated/α-hetero) is 1. The molecule has 0 saturated carbocycles. The summed E-state index contributed by atoms with van der Waals surface area (Å²) in [7, 11) is 0. The second kappa shape index (κ2) is 7.78. The number of hydrogen-bond donors (Lipinski definition) is 1. The average molecular weight is 349 g/mol. The predicted molar refractivity (Wildman–Crippen MR) is 98.0 cm³/mol. The van der Waals surface area contributed by atoms with Crippen LogP contribution in [-0.4, -0.2) is 21.8 Å². The molecule has 0 spiro atoms. The quantitative estimate of drug-likeness (QED) is 0.659. The number of aromatic nitrogens is 1. The molecule has 2 aromatic carbocycles. The first-order chi connectivity index (χ1) is 12.5. The molecule has 1 heterocycles. The number of rotatable bonds is 7. The van der Waals surface area contributed by atoms with Gasteiger partial charge in [-0.05, 0) is 37.1 Å². The number of hydrogen-bond acceptors (Lipinski definition) is 4. The van der Waals surface area contributed by atoms with Gasteiger partial charge in [0.2, 0.25) is 0 Å². The van der Waals surface area contributed by atoms with Gasteiger partial charge in [-0.25, -0.2) is 0 Å². The molecule has 0 aliphatic rings. The van der Waals surface area contributed by atoms with Crippen molar-refractivity contribution >= 4 is 22.7 Å². The van der Waals surface area contributed by atoms with Gasteiger partial charge in [-0.3, -0.25) is 14.6 Å². The molecular formula is C21H19NO4. The largest absolute Gasteiger partial charge is 0.489 e. The van der Waals surface area contributed by atoms with E-state index in [9.17, 15) is 14.7 Å². The minimum absolute atomic E-state index is 0.108. The van der Waals surface area contributed by atoms with Crippen LogP contribution in [0.4, 0.5) is 0 Å². The monoisotopic (exact) mass is 349 g/mol. The lowest BCUT2D eigenvalue weighted by molar-refractivity contribution is -0.145. The molecule has 0 fully saturated rings. The molecule has 0 aliphatic heterocycles. The molecule has 1 N–H and O–H groups in total. The van der Waals surface area contributed by atoms with Crippen LogP contribution in [0.15, 0.2) is 60.8 Å². The molecule has 26 heavy (non-hydrogen) atoms. The number of pyridine rings is 1. The molecule has 1 aromatic heterocycles. The van der Waals surface area contributed by atoms with E-state index in [4.69, 9.17) is 4.74 Å². The zero-order valence-electron chi connectivity index (χ0n) is 14.4. The highest BCUT2D eigenvalue weighted by molar-refractivity contribution is 5.97. The Bertz CT molecular complexity index is 937. The highest BCUT2D eigenvalue weighted by Crippen LogP contribution is 2.23.